The Morgan fingerprint density at radius 3 is 2.72 bits per heavy atom. The quantitative estimate of drug-likeness (QED) is 0.303. The van der Waals surface area contributed by atoms with Crippen LogP contribution in [0.5, 0.6) is 0 Å². The first kappa shape index (κ1) is 26.1. The average molecular weight is 550 g/mol. The lowest BCUT2D eigenvalue weighted by atomic mass is 10.1. The third-order valence-corrected chi connectivity index (χ3v) is 13.5. The molecule has 1 aromatic carbocycles. The van der Waals surface area contributed by atoms with Crippen LogP contribution in [0.3, 0.4) is 0 Å². The summed E-state index contributed by atoms with van der Waals surface area (Å²) >= 11 is 13.2. The minimum absolute atomic E-state index is 0.00431. The van der Waals surface area contributed by atoms with E-state index in [-0.39, 0.29) is 11.3 Å². The number of aromatic nitrogens is 3. The van der Waals surface area contributed by atoms with Gasteiger partial charge in [0.05, 0.1) is 21.8 Å². The first-order valence-corrected chi connectivity index (χ1v) is 16.8. The fraction of sp³-hybridized carbons (Fsp3) is 0.593. The van der Waals surface area contributed by atoms with E-state index in [9.17, 15) is 0 Å². The monoisotopic (exact) mass is 548 g/mol. The molecule has 2 aliphatic rings. The molecule has 0 bridgehead atoms. The molecule has 36 heavy (non-hydrogen) atoms. The molecule has 1 saturated heterocycles. The average Bonchev–Trinajstić information content (AvgIpc) is 3.56. The zero-order chi connectivity index (χ0) is 25.7. The number of nitrogens with one attached hydrogen (secondary N) is 2. The molecule has 196 valence electrons. The van der Waals surface area contributed by atoms with E-state index in [1.165, 1.54) is 0 Å². The van der Waals surface area contributed by atoms with Crippen molar-refractivity contribution in [2.45, 2.75) is 95.8 Å². The second-order valence-electron chi connectivity index (χ2n) is 11.9. The van der Waals surface area contributed by atoms with Crippen molar-refractivity contribution in [2.75, 3.05) is 11.9 Å². The molecule has 3 unspecified atom stereocenters. The molecule has 2 N–H and O–H groups in total. The highest BCUT2D eigenvalue weighted by atomic mass is 35.5. The number of fused-ring (bicyclic) bond motifs is 1. The Hall–Kier alpha value is -1.51. The van der Waals surface area contributed by atoms with Crippen LogP contribution < -0.4 is 5.32 Å². The van der Waals surface area contributed by atoms with Gasteiger partial charge in [0, 0.05) is 53.3 Å². The third-order valence-electron chi connectivity index (χ3n) is 8.22. The van der Waals surface area contributed by atoms with Crippen LogP contribution in [0.1, 0.15) is 65.5 Å². The molecule has 2 fully saturated rings. The van der Waals surface area contributed by atoms with Gasteiger partial charge in [0.15, 0.2) is 8.32 Å². The summed E-state index contributed by atoms with van der Waals surface area (Å²) in [6.07, 6.45) is 12.7. The largest absolute Gasteiger partial charge is 0.414 e. The highest BCUT2D eigenvalue weighted by molar-refractivity contribution is 6.74. The number of halogens is 2. The minimum atomic E-state index is -1.80. The zero-order valence-electron chi connectivity index (χ0n) is 22.0. The fourth-order valence-electron chi connectivity index (χ4n) is 5.16. The Balaban J connectivity index is 1.40. The van der Waals surface area contributed by atoms with Crippen molar-refractivity contribution in [2.24, 2.45) is 0 Å². The summed E-state index contributed by atoms with van der Waals surface area (Å²) < 4.78 is 14.6. The van der Waals surface area contributed by atoms with E-state index in [0.717, 1.165) is 72.8 Å². The molecule has 1 aliphatic carbocycles. The summed E-state index contributed by atoms with van der Waals surface area (Å²) in [5.74, 6) is 0. The first-order chi connectivity index (χ1) is 17.0. The number of nitrogens with zero attached hydrogens (tertiary/aromatic N) is 2. The van der Waals surface area contributed by atoms with Crippen molar-refractivity contribution in [1.82, 2.24) is 14.8 Å². The molecular weight excluding hydrogens is 511 g/mol. The zero-order valence-corrected chi connectivity index (χ0v) is 24.5. The van der Waals surface area contributed by atoms with Gasteiger partial charge in [-0.15, -0.1) is 0 Å². The smallest absolute Gasteiger partial charge is 0.192 e. The maximum absolute atomic E-state index is 6.72. The second-order valence-corrected chi connectivity index (χ2v) is 17.4. The maximum Gasteiger partial charge on any atom is 0.192 e. The molecule has 0 radical (unpaired) electrons. The lowest BCUT2D eigenvalue weighted by molar-refractivity contribution is -0.0394. The van der Waals surface area contributed by atoms with Gasteiger partial charge in [-0.1, -0.05) is 44.0 Å². The van der Waals surface area contributed by atoms with E-state index in [2.05, 4.69) is 55.5 Å². The number of H-pyrrole nitrogens is 1. The van der Waals surface area contributed by atoms with Gasteiger partial charge >= 0.3 is 0 Å². The van der Waals surface area contributed by atoms with Crippen molar-refractivity contribution in [1.29, 1.82) is 0 Å². The number of aromatic amines is 1. The van der Waals surface area contributed by atoms with Crippen molar-refractivity contribution in [3.63, 3.8) is 0 Å². The molecule has 0 amide bonds. The molecule has 0 spiro atoms. The molecule has 6 nitrogen and oxygen atoms in total. The molecular formula is C27H38Cl2N4O2Si. The van der Waals surface area contributed by atoms with Crippen LogP contribution in [0.25, 0.3) is 22.0 Å². The molecule has 5 rings (SSSR count). The van der Waals surface area contributed by atoms with E-state index in [1.54, 1.807) is 0 Å². The predicted molar refractivity (Wildman–Crippen MR) is 152 cm³/mol. The fourth-order valence-corrected chi connectivity index (χ4v) is 6.97. The summed E-state index contributed by atoms with van der Waals surface area (Å²) in [5, 5.41) is 10.8. The van der Waals surface area contributed by atoms with Crippen molar-refractivity contribution in [3.05, 3.63) is 34.7 Å². The van der Waals surface area contributed by atoms with Gasteiger partial charge in [-0.25, -0.2) is 4.68 Å². The second kappa shape index (κ2) is 9.99. The van der Waals surface area contributed by atoms with Gasteiger partial charge in [0.2, 0.25) is 0 Å². The Bertz CT molecular complexity index is 1230. The Labute approximate surface area is 225 Å². The van der Waals surface area contributed by atoms with Crippen molar-refractivity contribution in [3.8, 4) is 11.1 Å². The molecule has 2 aromatic heterocycles. The van der Waals surface area contributed by atoms with Crippen LogP contribution >= 0.6 is 23.2 Å². The highest BCUT2D eigenvalue weighted by Crippen LogP contribution is 2.43. The highest BCUT2D eigenvalue weighted by Gasteiger charge is 2.40. The van der Waals surface area contributed by atoms with E-state index < -0.39 is 8.32 Å². The molecule has 9 heteroatoms. The molecule has 1 saturated carbocycles. The topological polar surface area (TPSA) is 64.1 Å². The maximum atomic E-state index is 6.72. The van der Waals surface area contributed by atoms with Gasteiger partial charge in [-0.05, 0) is 62.7 Å². The Kier molecular flexibility index (Phi) is 7.24. The number of hydrogen-bond acceptors (Lipinski definition) is 4. The SMILES string of the molecule is CC(C)(C)[Si](C)(C)OC1CCC(Nc2cc(Cl)c(Cl)c3[nH]cc(-c4cnn(C5CCCCO5)c4)c23)C1. The van der Waals surface area contributed by atoms with Gasteiger partial charge in [0.25, 0.3) is 0 Å². The van der Waals surface area contributed by atoms with Gasteiger partial charge in [0.1, 0.15) is 6.23 Å². The third kappa shape index (κ3) is 5.10. The number of rotatable bonds is 6. The lowest BCUT2D eigenvalue weighted by Gasteiger charge is -2.38. The normalized spacial score (nSPS) is 23.5. The van der Waals surface area contributed by atoms with E-state index in [1.807, 2.05) is 23.1 Å². The van der Waals surface area contributed by atoms with Crippen LogP contribution in [0.2, 0.25) is 28.2 Å². The van der Waals surface area contributed by atoms with Crippen LogP contribution in [0, 0.1) is 0 Å². The van der Waals surface area contributed by atoms with Crippen molar-refractivity contribution < 1.29 is 9.16 Å². The van der Waals surface area contributed by atoms with Crippen molar-refractivity contribution >= 4 is 48.1 Å². The summed E-state index contributed by atoms with van der Waals surface area (Å²) in [5.41, 5.74) is 3.92. The summed E-state index contributed by atoms with van der Waals surface area (Å²) in [6, 6.07) is 2.28. The minimum Gasteiger partial charge on any atom is -0.414 e. The lowest BCUT2D eigenvalue weighted by Crippen LogP contribution is -2.43. The van der Waals surface area contributed by atoms with E-state index in [4.69, 9.17) is 32.4 Å². The summed E-state index contributed by atoms with van der Waals surface area (Å²) in [7, 11) is -1.80. The van der Waals surface area contributed by atoms with Crippen LogP contribution in [0.15, 0.2) is 24.7 Å². The van der Waals surface area contributed by atoms with Gasteiger partial charge < -0.3 is 19.5 Å². The van der Waals surface area contributed by atoms with Crippen LogP contribution in [-0.4, -0.2) is 41.8 Å². The molecule has 3 atom stereocenters. The molecule has 3 aromatic rings. The number of ether oxygens (including phenoxy) is 1. The molecule has 1 aliphatic heterocycles. The Morgan fingerprint density at radius 2 is 2.00 bits per heavy atom. The first-order valence-electron chi connectivity index (χ1n) is 13.1. The number of benzene rings is 1. The van der Waals surface area contributed by atoms with Crippen LogP contribution in [0.4, 0.5) is 5.69 Å². The van der Waals surface area contributed by atoms with Crippen LogP contribution in [-0.2, 0) is 9.16 Å². The number of hydrogen-bond donors (Lipinski definition) is 2. The van der Waals surface area contributed by atoms with E-state index >= 15 is 0 Å². The standard InChI is InChI=1S/C27H38Cl2N4O2Si/c1-27(2,3)36(4,5)35-19-10-9-18(12-19)32-22-13-21(28)25(29)26-24(22)20(15-30-26)17-14-31-33(16-17)23-8-6-7-11-34-23/h13-16,18-19,23,30,32H,6-12H2,1-5H3. The predicted octanol–water partition coefficient (Wildman–Crippen LogP) is 8.39. The summed E-state index contributed by atoms with van der Waals surface area (Å²) in [4.78, 5) is 3.36. The van der Waals surface area contributed by atoms with E-state index in [0.29, 0.717) is 22.2 Å². The number of anilines is 1. The van der Waals surface area contributed by atoms with Gasteiger partial charge in [-0.2, -0.15) is 5.10 Å². The Morgan fingerprint density at radius 1 is 1.19 bits per heavy atom. The summed E-state index contributed by atoms with van der Waals surface area (Å²) in [6.45, 7) is 12.4. The van der Waals surface area contributed by atoms with Gasteiger partial charge in [-0.3, -0.25) is 0 Å². The molecule has 3 heterocycles.